The summed E-state index contributed by atoms with van der Waals surface area (Å²) in [4.78, 5) is 32.3. The number of nitrogens with one attached hydrogen (secondary N) is 1. The number of β-amino-alcohol motifs (C(OH)–C–C–N with tert-alkyl or cyclic N) is 1. The molecule has 1 amide bonds. The Balaban J connectivity index is 1.26. The third-order valence-corrected chi connectivity index (χ3v) is 7.67. The standard InChI is InChI=1S/C32H41N3O5/c1-32(2,3)21-6-10-30(40-5)26(18-21)28(36)9-11-31(38)34-22-13-16-35(17-14-22)20-29(37)24-12-15-33-27-8-7-23(39-4)19-25(24)27/h6-8,10,12,15,18-19,22,29,37H,9,11,13-14,16-17,20H2,1-5H3,(H,34,38)/t29-/m0/s1. The highest BCUT2D eigenvalue weighted by Gasteiger charge is 2.25. The van der Waals surface area contributed by atoms with E-state index in [0.717, 1.165) is 53.7 Å². The smallest absolute Gasteiger partial charge is 0.220 e. The van der Waals surface area contributed by atoms with Crippen LogP contribution in [-0.4, -0.2) is 66.6 Å². The summed E-state index contributed by atoms with van der Waals surface area (Å²) in [6, 6.07) is 13.3. The van der Waals surface area contributed by atoms with Gasteiger partial charge in [-0.15, -0.1) is 0 Å². The number of carbonyl (C=O) groups is 2. The molecule has 2 heterocycles. The second-order valence-corrected chi connectivity index (χ2v) is 11.5. The van der Waals surface area contributed by atoms with Crippen molar-refractivity contribution in [2.24, 2.45) is 0 Å². The number of likely N-dealkylation sites (tertiary alicyclic amines) is 1. The largest absolute Gasteiger partial charge is 0.497 e. The summed E-state index contributed by atoms with van der Waals surface area (Å²) in [6.07, 6.45) is 2.91. The fourth-order valence-corrected chi connectivity index (χ4v) is 5.22. The minimum atomic E-state index is -0.663. The van der Waals surface area contributed by atoms with Gasteiger partial charge in [0.05, 0.1) is 31.4 Å². The number of carbonyl (C=O) groups excluding carboxylic acids is 2. The molecule has 1 saturated heterocycles. The van der Waals surface area contributed by atoms with Crippen LogP contribution in [0.25, 0.3) is 10.9 Å². The first-order valence-corrected chi connectivity index (χ1v) is 13.9. The van der Waals surface area contributed by atoms with E-state index in [1.54, 1.807) is 20.4 Å². The number of amides is 1. The highest BCUT2D eigenvalue weighted by molar-refractivity contribution is 6.00. The van der Waals surface area contributed by atoms with Crippen LogP contribution in [0.3, 0.4) is 0 Å². The molecule has 8 nitrogen and oxygen atoms in total. The summed E-state index contributed by atoms with van der Waals surface area (Å²) < 4.78 is 10.8. The maximum atomic E-state index is 13.0. The Labute approximate surface area is 236 Å². The molecular formula is C32H41N3O5. The Morgan fingerprint density at radius 2 is 1.80 bits per heavy atom. The number of aliphatic hydroxyl groups is 1. The van der Waals surface area contributed by atoms with Crippen LogP contribution < -0.4 is 14.8 Å². The Bertz CT molecular complexity index is 1340. The highest BCUT2D eigenvalue weighted by Crippen LogP contribution is 2.30. The average molecular weight is 548 g/mol. The number of ketones is 1. The van der Waals surface area contributed by atoms with Gasteiger partial charge in [-0.25, -0.2) is 0 Å². The van der Waals surface area contributed by atoms with E-state index in [2.05, 4.69) is 36.0 Å². The first-order valence-electron chi connectivity index (χ1n) is 13.9. The number of aliphatic hydroxyl groups excluding tert-OH is 1. The number of ether oxygens (including phenoxy) is 2. The molecule has 8 heteroatoms. The van der Waals surface area contributed by atoms with E-state index in [9.17, 15) is 14.7 Å². The van der Waals surface area contributed by atoms with E-state index >= 15 is 0 Å². The molecule has 2 aromatic carbocycles. The number of benzene rings is 2. The number of aromatic nitrogens is 1. The van der Waals surface area contributed by atoms with Crippen LogP contribution in [0.15, 0.2) is 48.7 Å². The second kappa shape index (κ2) is 12.8. The monoisotopic (exact) mass is 547 g/mol. The molecule has 0 saturated carbocycles. The molecule has 214 valence electrons. The molecule has 1 atom stereocenters. The lowest BCUT2D eigenvalue weighted by Gasteiger charge is -2.33. The van der Waals surface area contributed by atoms with Gasteiger partial charge in [0.2, 0.25) is 5.91 Å². The Morgan fingerprint density at radius 1 is 1.05 bits per heavy atom. The van der Waals surface area contributed by atoms with Crippen LogP contribution in [0.1, 0.15) is 74.0 Å². The predicted molar refractivity (Wildman–Crippen MR) is 156 cm³/mol. The number of Topliss-reactive ketones (excluding diaryl/α,β-unsaturated/α-hetero) is 1. The molecule has 1 fully saturated rings. The summed E-state index contributed by atoms with van der Waals surface area (Å²) in [5.74, 6) is 1.05. The lowest BCUT2D eigenvalue weighted by molar-refractivity contribution is -0.122. The Hall–Kier alpha value is -3.49. The van der Waals surface area contributed by atoms with Crippen molar-refractivity contribution in [3.8, 4) is 11.5 Å². The number of hydrogen-bond acceptors (Lipinski definition) is 7. The van der Waals surface area contributed by atoms with Gasteiger partial charge in [-0.3, -0.25) is 14.6 Å². The van der Waals surface area contributed by atoms with Gasteiger partial charge >= 0.3 is 0 Å². The van der Waals surface area contributed by atoms with Crippen LogP contribution >= 0.6 is 0 Å². The number of hydrogen-bond donors (Lipinski definition) is 2. The SMILES string of the molecule is COc1ccc2nccc([C@@H](O)CN3CCC(NC(=O)CCC(=O)c4cc(C(C)(C)C)ccc4OC)CC3)c2c1. The van der Waals surface area contributed by atoms with Crippen molar-refractivity contribution in [3.05, 3.63) is 65.4 Å². The van der Waals surface area contributed by atoms with Gasteiger partial charge in [0.25, 0.3) is 0 Å². The molecule has 4 rings (SSSR count). The van der Waals surface area contributed by atoms with Crippen molar-refractivity contribution < 1.29 is 24.2 Å². The van der Waals surface area contributed by atoms with Crippen molar-refractivity contribution in [3.63, 3.8) is 0 Å². The molecule has 0 unspecified atom stereocenters. The van der Waals surface area contributed by atoms with Crippen molar-refractivity contribution in [1.82, 2.24) is 15.2 Å². The zero-order valence-corrected chi connectivity index (χ0v) is 24.2. The van der Waals surface area contributed by atoms with Crippen LogP contribution in [0, 0.1) is 0 Å². The zero-order chi connectivity index (χ0) is 28.9. The van der Waals surface area contributed by atoms with E-state index in [4.69, 9.17) is 9.47 Å². The molecule has 40 heavy (non-hydrogen) atoms. The number of methoxy groups -OCH3 is 2. The third-order valence-electron chi connectivity index (χ3n) is 7.67. The predicted octanol–water partition coefficient (Wildman–Crippen LogP) is 4.83. The summed E-state index contributed by atoms with van der Waals surface area (Å²) in [5, 5.41) is 15.0. The lowest BCUT2D eigenvalue weighted by Crippen LogP contribution is -2.45. The molecule has 1 aliphatic rings. The quantitative estimate of drug-likeness (QED) is 0.351. The van der Waals surface area contributed by atoms with Crippen molar-refractivity contribution >= 4 is 22.6 Å². The second-order valence-electron chi connectivity index (χ2n) is 11.5. The molecule has 1 aromatic heterocycles. The van der Waals surface area contributed by atoms with Gasteiger partial charge < -0.3 is 24.8 Å². The number of pyridine rings is 1. The third kappa shape index (κ3) is 7.17. The van der Waals surface area contributed by atoms with Gasteiger partial charge in [0, 0.05) is 50.1 Å². The van der Waals surface area contributed by atoms with Crippen LogP contribution in [0.2, 0.25) is 0 Å². The number of fused-ring (bicyclic) bond motifs is 1. The Morgan fingerprint density at radius 3 is 2.48 bits per heavy atom. The molecule has 1 aliphatic heterocycles. The van der Waals surface area contributed by atoms with E-state index < -0.39 is 6.10 Å². The summed E-state index contributed by atoms with van der Waals surface area (Å²) in [6.45, 7) is 8.33. The topological polar surface area (TPSA) is 101 Å². The fourth-order valence-electron chi connectivity index (χ4n) is 5.22. The van der Waals surface area contributed by atoms with Crippen LogP contribution in [0.4, 0.5) is 0 Å². The zero-order valence-electron chi connectivity index (χ0n) is 24.2. The maximum Gasteiger partial charge on any atom is 0.220 e. The minimum Gasteiger partial charge on any atom is -0.497 e. The first kappa shape index (κ1) is 29.5. The summed E-state index contributed by atoms with van der Waals surface area (Å²) in [5.41, 5.74) is 3.12. The van der Waals surface area contributed by atoms with Crippen molar-refractivity contribution in [2.75, 3.05) is 33.9 Å². The molecular weight excluding hydrogens is 506 g/mol. The first-order chi connectivity index (χ1) is 19.1. The van der Waals surface area contributed by atoms with Gasteiger partial charge in [0.15, 0.2) is 5.78 Å². The summed E-state index contributed by atoms with van der Waals surface area (Å²) >= 11 is 0. The van der Waals surface area contributed by atoms with Crippen molar-refractivity contribution in [2.45, 2.75) is 64.0 Å². The van der Waals surface area contributed by atoms with Crippen LogP contribution in [-0.2, 0) is 10.2 Å². The van der Waals surface area contributed by atoms with Crippen LogP contribution in [0.5, 0.6) is 11.5 Å². The highest BCUT2D eigenvalue weighted by atomic mass is 16.5. The molecule has 2 N–H and O–H groups in total. The maximum absolute atomic E-state index is 13.0. The molecule has 0 aliphatic carbocycles. The normalized spacial score (nSPS) is 15.6. The van der Waals surface area contributed by atoms with E-state index in [1.165, 1.54) is 0 Å². The molecule has 0 spiro atoms. The van der Waals surface area contributed by atoms with Gasteiger partial charge in [-0.1, -0.05) is 26.8 Å². The molecule has 3 aromatic rings. The lowest BCUT2D eigenvalue weighted by atomic mass is 9.85. The van der Waals surface area contributed by atoms with E-state index in [-0.39, 0.29) is 36.0 Å². The number of rotatable bonds is 10. The summed E-state index contributed by atoms with van der Waals surface area (Å²) in [7, 11) is 3.18. The number of piperidine rings is 1. The number of nitrogens with zero attached hydrogens (tertiary/aromatic N) is 2. The molecule has 0 radical (unpaired) electrons. The van der Waals surface area contributed by atoms with Gasteiger partial charge in [-0.2, -0.15) is 0 Å². The van der Waals surface area contributed by atoms with Crippen molar-refractivity contribution in [1.29, 1.82) is 0 Å². The Kier molecular flexibility index (Phi) is 9.43. The van der Waals surface area contributed by atoms with E-state index in [1.807, 2.05) is 42.5 Å². The average Bonchev–Trinajstić information content (AvgIpc) is 2.95. The minimum absolute atomic E-state index is 0.0563. The van der Waals surface area contributed by atoms with Gasteiger partial charge in [0.1, 0.15) is 11.5 Å². The van der Waals surface area contributed by atoms with E-state index in [0.29, 0.717) is 17.9 Å². The van der Waals surface area contributed by atoms with Gasteiger partial charge in [-0.05, 0) is 65.8 Å². The molecule has 0 bridgehead atoms. The fraction of sp³-hybridized carbons (Fsp3) is 0.469.